The lowest BCUT2D eigenvalue weighted by Crippen LogP contribution is -2.26. The van der Waals surface area contributed by atoms with E-state index in [9.17, 15) is 14.4 Å². The summed E-state index contributed by atoms with van der Waals surface area (Å²) in [5.74, 6) is -1.54. The molecule has 8 bridgehead atoms. The van der Waals surface area contributed by atoms with Crippen molar-refractivity contribution in [1.82, 2.24) is 25.3 Å². The summed E-state index contributed by atoms with van der Waals surface area (Å²) in [7, 11) is 2.72. The highest BCUT2D eigenvalue weighted by molar-refractivity contribution is 6.06. The van der Waals surface area contributed by atoms with E-state index in [0.717, 1.165) is 63.2 Å². The van der Waals surface area contributed by atoms with E-state index in [-0.39, 0.29) is 36.6 Å². The van der Waals surface area contributed by atoms with Crippen LogP contribution in [0.1, 0.15) is 120 Å². The second-order valence-electron chi connectivity index (χ2n) is 15.1. The van der Waals surface area contributed by atoms with Gasteiger partial charge in [-0.2, -0.15) is 0 Å². The SMILES string of the molecule is CCC1=C(C)c2cc3[nH]c(cc4nc(c(CC(=O)OC)c5[nH]c(cc1n2)c(C)c5C(=O)NCCCOCCOCCOCCCN)C(CCC(=O)OC)C4C)c(C)c3C. The van der Waals surface area contributed by atoms with Crippen LogP contribution in [0, 0.1) is 20.8 Å². The lowest BCUT2D eigenvalue weighted by atomic mass is 9.85. The predicted octanol–water partition coefficient (Wildman–Crippen LogP) is 6.66. The van der Waals surface area contributed by atoms with Crippen molar-refractivity contribution in [2.75, 3.05) is 67.0 Å². The molecule has 2 atom stereocenters. The summed E-state index contributed by atoms with van der Waals surface area (Å²) in [6, 6.07) is 6.14. The van der Waals surface area contributed by atoms with Gasteiger partial charge < -0.3 is 44.7 Å². The van der Waals surface area contributed by atoms with E-state index in [1.165, 1.54) is 14.2 Å². The van der Waals surface area contributed by atoms with E-state index < -0.39 is 5.97 Å². The quantitative estimate of drug-likeness (QED) is 0.0705. The number of H-pyrrole nitrogens is 2. The summed E-state index contributed by atoms with van der Waals surface area (Å²) in [5, 5.41) is 3.09. The number of nitrogens with zero attached hydrogens (tertiary/aromatic N) is 2. The number of aromatic amines is 2. The molecule has 0 aromatic carbocycles. The van der Waals surface area contributed by atoms with E-state index in [4.69, 9.17) is 39.4 Å². The van der Waals surface area contributed by atoms with E-state index in [1.54, 1.807) is 0 Å². The average Bonchev–Trinajstić information content (AvgIpc) is 3.90. The minimum atomic E-state index is -0.486. The molecule has 5 heterocycles. The Hall–Kier alpha value is -4.89. The number of aromatic nitrogens is 4. The molecule has 59 heavy (non-hydrogen) atoms. The molecule has 14 nitrogen and oxygen atoms in total. The molecule has 0 saturated carbocycles. The van der Waals surface area contributed by atoms with Crippen LogP contribution in [-0.2, 0) is 39.7 Å². The maximum absolute atomic E-state index is 14.4. The average molecular weight is 815 g/mol. The van der Waals surface area contributed by atoms with Gasteiger partial charge >= 0.3 is 11.9 Å². The molecular weight excluding hydrogens is 753 g/mol. The van der Waals surface area contributed by atoms with Crippen molar-refractivity contribution in [2.24, 2.45) is 5.73 Å². The number of hydrogen-bond acceptors (Lipinski definition) is 11. The van der Waals surface area contributed by atoms with Gasteiger partial charge in [-0.3, -0.25) is 19.4 Å². The van der Waals surface area contributed by atoms with E-state index in [1.807, 2.05) is 13.0 Å². The van der Waals surface area contributed by atoms with Crippen LogP contribution in [0.25, 0.3) is 33.2 Å². The minimum absolute atomic E-state index is 0.138. The molecule has 3 aromatic heterocycles. The van der Waals surface area contributed by atoms with E-state index >= 15 is 0 Å². The number of carbonyl (C=O) groups excluding carboxylic acids is 3. The molecule has 0 saturated heterocycles. The number of methoxy groups -OCH3 is 2. The number of fused-ring (bicyclic) bond motifs is 8. The van der Waals surface area contributed by atoms with Crippen molar-refractivity contribution in [3.8, 4) is 0 Å². The van der Waals surface area contributed by atoms with Gasteiger partial charge in [0, 0.05) is 65.8 Å². The molecule has 0 aliphatic carbocycles. The number of hydrogen-bond donors (Lipinski definition) is 4. The fraction of sp³-hybridized carbons (Fsp3) is 0.533. The third-order valence-corrected chi connectivity index (χ3v) is 11.5. The largest absolute Gasteiger partial charge is 0.469 e. The Morgan fingerprint density at radius 1 is 0.780 bits per heavy atom. The third-order valence-electron chi connectivity index (χ3n) is 11.5. The van der Waals surface area contributed by atoms with Crippen LogP contribution in [0.15, 0.2) is 18.2 Å². The summed E-state index contributed by atoms with van der Waals surface area (Å²) < 4.78 is 27.0. The summed E-state index contributed by atoms with van der Waals surface area (Å²) in [6.07, 6.45) is 2.57. The smallest absolute Gasteiger partial charge is 0.310 e. The second-order valence-corrected chi connectivity index (χ2v) is 15.1. The first-order chi connectivity index (χ1) is 28.4. The molecule has 1 amide bonds. The lowest BCUT2D eigenvalue weighted by molar-refractivity contribution is -0.141. The van der Waals surface area contributed by atoms with Gasteiger partial charge in [0.1, 0.15) is 0 Å². The van der Waals surface area contributed by atoms with Crippen molar-refractivity contribution in [3.63, 3.8) is 0 Å². The normalized spacial score (nSPS) is 15.1. The Balaban J connectivity index is 1.61. The molecular formula is C45H62N6O8. The van der Waals surface area contributed by atoms with Gasteiger partial charge in [0.05, 0.1) is 75.2 Å². The number of esters is 2. The Morgan fingerprint density at radius 2 is 1.39 bits per heavy atom. The van der Waals surface area contributed by atoms with Crippen molar-refractivity contribution in [3.05, 3.63) is 68.8 Å². The number of amides is 1. The zero-order valence-corrected chi connectivity index (χ0v) is 36.0. The Bertz CT molecular complexity index is 2190. The first-order valence-electron chi connectivity index (χ1n) is 20.7. The molecule has 2 aliphatic rings. The van der Waals surface area contributed by atoms with Gasteiger partial charge in [0.25, 0.3) is 5.91 Å². The maximum Gasteiger partial charge on any atom is 0.310 e. The van der Waals surface area contributed by atoms with Gasteiger partial charge in [0.15, 0.2) is 0 Å². The van der Waals surface area contributed by atoms with Gasteiger partial charge in [-0.15, -0.1) is 0 Å². The molecule has 0 radical (unpaired) electrons. The van der Waals surface area contributed by atoms with E-state index in [0.29, 0.717) is 99.0 Å². The van der Waals surface area contributed by atoms with Crippen LogP contribution in [0.3, 0.4) is 0 Å². The summed E-state index contributed by atoms with van der Waals surface area (Å²) in [4.78, 5) is 57.8. The fourth-order valence-electron chi connectivity index (χ4n) is 7.75. The monoisotopic (exact) mass is 814 g/mol. The van der Waals surface area contributed by atoms with E-state index in [2.05, 4.69) is 62.0 Å². The molecule has 2 unspecified atom stereocenters. The van der Waals surface area contributed by atoms with Crippen LogP contribution in [-0.4, -0.2) is 105 Å². The number of nitrogens with one attached hydrogen (secondary N) is 3. The first-order valence-corrected chi connectivity index (χ1v) is 20.7. The molecule has 14 heteroatoms. The summed E-state index contributed by atoms with van der Waals surface area (Å²) >= 11 is 0. The zero-order chi connectivity index (χ0) is 42.6. The van der Waals surface area contributed by atoms with Crippen LogP contribution in [0.4, 0.5) is 0 Å². The van der Waals surface area contributed by atoms with Crippen molar-refractivity contribution < 1.29 is 38.1 Å². The highest BCUT2D eigenvalue weighted by Gasteiger charge is 2.34. The van der Waals surface area contributed by atoms with Gasteiger partial charge in [-0.25, -0.2) is 4.98 Å². The van der Waals surface area contributed by atoms with Gasteiger partial charge in [-0.05, 0) is 106 Å². The topological polar surface area (TPSA) is 193 Å². The summed E-state index contributed by atoms with van der Waals surface area (Å²) in [6.45, 7) is 16.2. The van der Waals surface area contributed by atoms with Crippen LogP contribution in [0.5, 0.6) is 0 Å². The first kappa shape index (κ1) is 45.2. The molecule has 0 fully saturated rings. The molecule has 3 aromatic rings. The number of allylic oxidation sites excluding steroid dienone is 2. The predicted molar refractivity (Wildman–Crippen MR) is 229 cm³/mol. The lowest BCUT2D eigenvalue weighted by Gasteiger charge is -2.18. The standard InChI is InChI=1S/C45H62N6O8/c1-9-31-28(4)36-23-34-26(2)27(3)35(48-34)24-37-29(5)32(12-13-40(52)55-7)43(50-37)33(22-41(53)56-8)44-42(30(6)38(51-44)25-39(31)49-36)45(54)47-15-11-17-58-19-21-59-20-18-57-16-10-14-46/h23-25,29,32,48,51H,9-22,46H2,1-8H3,(H,47,54). The number of carbonyl (C=O) groups is 3. The van der Waals surface area contributed by atoms with Crippen LogP contribution in [0.2, 0.25) is 0 Å². The summed E-state index contributed by atoms with van der Waals surface area (Å²) in [5.41, 5.74) is 17.6. The van der Waals surface area contributed by atoms with Gasteiger partial charge in [-0.1, -0.05) is 13.8 Å². The second kappa shape index (κ2) is 21.4. The van der Waals surface area contributed by atoms with Crippen LogP contribution < -0.4 is 11.1 Å². The Labute approximate surface area is 347 Å². The molecule has 320 valence electrons. The zero-order valence-electron chi connectivity index (χ0n) is 36.0. The number of ether oxygens (including phenoxy) is 5. The fourth-order valence-corrected chi connectivity index (χ4v) is 7.75. The number of rotatable bonds is 20. The maximum atomic E-state index is 14.4. The molecule has 0 spiro atoms. The highest BCUT2D eigenvalue weighted by atomic mass is 16.5. The highest BCUT2D eigenvalue weighted by Crippen LogP contribution is 2.43. The Kier molecular flexibility index (Phi) is 16.4. The third kappa shape index (κ3) is 10.8. The minimum Gasteiger partial charge on any atom is -0.469 e. The van der Waals surface area contributed by atoms with Crippen molar-refractivity contribution in [2.45, 2.75) is 91.9 Å². The van der Waals surface area contributed by atoms with Gasteiger partial charge in [0.2, 0.25) is 0 Å². The number of nitrogens with two attached hydrogens (primary N) is 1. The number of aryl methyl sites for hydroxylation is 3. The Morgan fingerprint density at radius 3 is 2.03 bits per heavy atom. The van der Waals surface area contributed by atoms with Crippen LogP contribution >= 0.6 is 0 Å². The van der Waals surface area contributed by atoms with Crippen molar-refractivity contribution in [1.29, 1.82) is 0 Å². The molecule has 5 N–H and O–H groups in total. The van der Waals surface area contributed by atoms with Crippen molar-refractivity contribution >= 4 is 51.1 Å². The molecule has 5 rings (SSSR count). The molecule has 2 aliphatic heterocycles.